The average Bonchev–Trinajstić information content (AvgIpc) is 3.12. The summed E-state index contributed by atoms with van der Waals surface area (Å²) in [7, 11) is -7.61. The third-order valence-corrected chi connectivity index (χ3v) is 7.21. The van der Waals surface area contributed by atoms with Crippen molar-refractivity contribution in [1.29, 1.82) is 0 Å². The highest BCUT2D eigenvalue weighted by molar-refractivity contribution is 7.90. The second-order valence-corrected chi connectivity index (χ2v) is 9.43. The van der Waals surface area contributed by atoms with E-state index >= 15 is 0 Å². The zero-order valence-electron chi connectivity index (χ0n) is 12.2. The highest BCUT2D eigenvalue weighted by Gasteiger charge is 2.43. The maximum absolute atomic E-state index is 13.0. The van der Waals surface area contributed by atoms with E-state index in [1.807, 2.05) is 0 Å². The molecule has 2 saturated carbocycles. The summed E-state index contributed by atoms with van der Waals surface area (Å²) in [5.74, 6) is 0. The number of hydrogen-bond donors (Lipinski definition) is 1. The van der Waals surface area contributed by atoms with Crippen molar-refractivity contribution >= 4 is 20.0 Å². The molecule has 0 aromatic heterocycles. The van der Waals surface area contributed by atoms with Gasteiger partial charge < -0.3 is 0 Å². The van der Waals surface area contributed by atoms with Gasteiger partial charge in [0.2, 0.25) is 20.0 Å². The van der Waals surface area contributed by atoms with Crippen LogP contribution < -0.4 is 5.14 Å². The zero-order valence-corrected chi connectivity index (χ0v) is 13.8. The van der Waals surface area contributed by atoms with Gasteiger partial charge in [0.15, 0.2) is 0 Å². The first kappa shape index (κ1) is 15.9. The lowest BCUT2D eigenvalue weighted by atomic mass is 10.2. The van der Waals surface area contributed by atoms with E-state index in [4.69, 9.17) is 5.14 Å². The lowest BCUT2D eigenvalue weighted by Crippen LogP contribution is -2.40. The molecule has 2 aliphatic carbocycles. The summed E-state index contributed by atoms with van der Waals surface area (Å²) in [5, 5.41) is 5.10. The van der Waals surface area contributed by atoms with Crippen LogP contribution in [0.3, 0.4) is 0 Å². The lowest BCUT2D eigenvalue weighted by Gasteiger charge is -2.28. The van der Waals surface area contributed by atoms with Crippen molar-refractivity contribution in [3.8, 4) is 0 Å². The monoisotopic (exact) mass is 344 g/mol. The topological polar surface area (TPSA) is 97.5 Å². The van der Waals surface area contributed by atoms with Gasteiger partial charge in [-0.3, -0.25) is 0 Å². The number of primary sulfonamides is 1. The standard InChI is InChI=1S/C14H20N2O4S2/c15-21(17,18)13-6-3-7-14(10-13)22(19,20)16(12-8-9-12)11-4-1-2-5-11/h3,6-7,10-12H,1-2,4-5,8-9H2,(H2,15,17,18). The van der Waals surface area contributed by atoms with Crippen LogP contribution >= 0.6 is 0 Å². The Morgan fingerprint density at radius 2 is 1.45 bits per heavy atom. The summed E-state index contributed by atoms with van der Waals surface area (Å²) in [6.45, 7) is 0. The zero-order chi connectivity index (χ0) is 16.0. The van der Waals surface area contributed by atoms with Crippen molar-refractivity contribution in [2.75, 3.05) is 0 Å². The normalized spacial score (nSPS) is 20.6. The highest BCUT2D eigenvalue weighted by atomic mass is 32.2. The van der Waals surface area contributed by atoms with Crippen LogP contribution in [0, 0.1) is 0 Å². The largest absolute Gasteiger partial charge is 0.243 e. The van der Waals surface area contributed by atoms with Crippen molar-refractivity contribution in [3.05, 3.63) is 24.3 Å². The Labute approximate surface area is 131 Å². The van der Waals surface area contributed by atoms with Crippen molar-refractivity contribution in [2.45, 2.75) is 60.4 Å². The van der Waals surface area contributed by atoms with Gasteiger partial charge in [0, 0.05) is 12.1 Å². The Morgan fingerprint density at radius 1 is 0.909 bits per heavy atom. The quantitative estimate of drug-likeness (QED) is 0.873. The van der Waals surface area contributed by atoms with E-state index in [9.17, 15) is 16.8 Å². The van der Waals surface area contributed by atoms with Crippen molar-refractivity contribution in [2.24, 2.45) is 5.14 Å². The molecular weight excluding hydrogens is 324 g/mol. The van der Waals surface area contributed by atoms with Crippen molar-refractivity contribution < 1.29 is 16.8 Å². The van der Waals surface area contributed by atoms with Crippen LogP contribution in [-0.4, -0.2) is 33.2 Å². The van der Waals surface area contributed by atoms with E-state index in [1.165, 1.54) is 18.2 Å². The molecule has 2 fully saturated rings. The van der Waals surface area contributed by atoms with Crippen LogP contribution in [-0.2, 0) is 20.0 Å². The fraction of sp³-hybridized carbons (Fsp3) is 0.571. The van der Waals surface area contributed by atoms with Gasteiger partial charge in [0.25, 0.3) is 0 Å². The molecule has 8 heteroatoms. The molecule has 0 radical (unpaired) electrons. The number of rotatable bonds is 5. The van der Waals surface area contributed by atoms with Gasteiger partial charge in [-0.05, 0) is 43.9 Å². The maximum Gasteiger partial charge on any atom is 0.243 e. The predicted octanol–water partition coefficient (Wildman–Crippen LogP) is 1.43. The summed E-state index contributed by atoms with van der Waals surface area (Å²) < 4.78 is 50.5. The first-order valence-electron chi connectivity index (χ1n) is 7.46. The predicted molar refractivity (Wildman–Crippen MR) is 82.1 cm³/mol. The second-order valence-electron chi connectivity index (χ2n) is 6.02. The van der Waals surface area contributed by atoms with Gasteiger partial charge in [-0.2, -0.15) is 4.31 Å². The molecule has 0 unspecified atom stereocenters. The molecule has 6 nitrogen and oxygen atoms in total. The molecule has 0 atom stereocenters. The SMILES string of the molecule is NS(=O)(=O)c1cccc(S(=O)(=O)N(C2CCCC2)C2CC2)c1. The first-order valence-corrected chi connectivity index (χ1v) is 10.5. The fourth-order valence-corrected chi connectivity index (χ4v) is 5.72. The molecule has 0 bridgehead atoms. The van der Waals surface area contributed by atoms with Crippen molar-refractivity contribution in [3.63, 3.8) is 0 Å². The van der Waals surface area contributed by atoms with Gasteiger partial charge >= 0.3 is 0 Å². The molecule has 1 aromatic rings. The number of benzene rings is 1. The van der Waals surface area contributed by atoms with Gasteiger partial charge in [0.05, 0.1) is 9.79 Å². The molecule has 0 heterocycles. The summed E-state index contributed by atoms with van der Waals surface area (Å²) in [6, 6.07) is 5.43. The highest BCUT2D eigenvalue weighted by Crippen LogP contribution is 2.38. The maximum atomic E-state index is 13.0. The summed E-state index contributed by atoms with van der Waals surface area (Å²) >= 11 is 0. The van der Waals surface area contributed by atoms with Crippen LogP contribution in [0.4, 0.5) is 0 Å². The molecule has 122 valence electrons. The number of nitrogens with two attached hydrogens (primary N) is 1. The van der Waals surface area contributed by atoms with Crippen LogP contribution in [0.1, 0.15) is 38.5 Å². The minimum atomic E-state index is -3.92. The molecule has 22 heavy (non-hydrogen) atoms. The lowest BCUT2D eigenvalue weighted by molar-refractivity contribution is 0.314. The number of hydrogen-bond acceptors (Lipinski definition) is 4. The van der Waals surface area contributed by atoms with Crippen LogP contribution in [0.2, 0.25) is 0 Å². The fourth-order valence-electron chi connectivity index (χ4n) is 3.11. The molecule has 3 rings (SSSR count). The third kappa shape index (κ3) is 3.05. The van der Waals surface area contributed by atoms with Crippen molar-refractivity contribution in [1.82, 2.24) is 4.31 Å². The Balaban J connectivity index is 2.01. The summed E-state index contributed by atoms with van der Waals surface area (Å²) in [4.78, 5) is -0.159. The van der Waals surface area contributed by atoms with Gasteiger partial charge in [-0.15, -0.1) is 0 Å². The Hall–Kier alpha value is -0.960. The minimum absolute atomic E-state index is 0.0119. The van der Waals surface area contributed by atoms with Crippen LogP contribution in [0.5, 0.6) is 0 Å². The van der Waals surface area contributed by atoms with Gasteiger partial charge in [-0.1, -0.05) is 18.9 Å². The summed E-state index contributed by atoms with van der Waals surface area (Å²) in [6.07, 6.45) is 5.60. The Bertz CT molecular complexity index is 764. The third-order valence-electron chi connectivity index (χ3n) is 4.30. The van der Waals surface area contributed by atoms with Crippen LogP contribution in [0.25, 0.3) is 0 Å². The molecular formula is C14H20N2O4S2. The van der Waals surface area contributed by atoms with E-state index in [1.54, 1.807) is 4.31 Å². The minimum Gasteiger partial charge on any atom is -0.225 e. The molecule has 1 aromatic carbocycles. The van der Waals surface area contributed by atoms with E-state index in [0.717, 1.165) is 44.6 Å². The Kier molecular flexibility index (Phi) is 4.05. The first-order chi connectivity index (χ1) is 10.3. The number of nitrogens with zero attached hydrogens (tertiary/aromatic N) is 1. The summed E-state index contributed by atoms with van der Waals surface area (Å²) in [5.41, 5.74) is 0. The second kappa shape index (κ2) is 5.59. The molecule has 0 saturated heterocycles. The molecule has 0 spiro atoms. The molecule has 2 aliphatic rings. The molecule has 0 amide bonds. The molecule has 0 aliphatic heterocycles. The van der Waals surface area contributed by atoms with E-state index in [2.05, 4.69) is 0 Å². The van der Waals surface area contributed by atoms with Gasteiger partial charge in [-0.25, -0.2) is 22.0 Å². The Morgan fingerprint density at radius 3 is 2.00 bits per heavy atom. The average molecular weight is 344 g/mol. The van der Waals surface area contributed by atoms with E-state index in [0.29, 0.717) is 0 Å². The smallest absolute Gasteiger partial charge is 0.225 e. The van der Waals surface area contributed by atoms with E-state index in [-0.39, 0.29) is 21.9 Å². The van der Waals surface area contributed by atoms with Crippen LogP contribution in [0.15, 0.2) is 34.1 Å². The van der Waals surface area contributed by atoms with Gasteiger partial charge in [0.1, 0.15) is 0 Å². The number of sulfonamides is 2. The van der Waals surface area contributed by atoms with E-state index < -0.39 is 20.0 Å². The molecule has 2 N–H and O–H groups in total.